The van der Waals surface area contributed by atoms with Crippen LogP contribution in [0.5, 0.6) is 5.75 Å². The molecule has 7 nitrogen and oxygen atoms in total. The van der Waals surface area contributed by atoms with Crippen molar-refractivity contribution in [1.29, 1.82) is 5.26 Å². The second-order valence-corrected chi connectivity index (χ2v) is 8.05. The maximum Gasteiger partial charge on any atom is 0.240 e. The largest absolute Gasteiger partial charge is 0.496 e. The highest BCUT2D eigenvalue weighted by Gasteiger charge is 2.26. The Kier molecular flexibility index (Phi) is 7.68. The van der Waals surface area contributed by atoms with Crippen LogP contribution in [-0.2, 0) is 11.3 Å². The number of benzene rings is 2. The molecule has 0 bridgehead atoms. The maximum absolute atomic E-state index is 13.2. The van der Waals surface area contributed by atoms with Crippen molar-refractivity contribution in [2.45, 2.75) is 37.2 Å². The summed E-state index contributed by atoms with van der Waals surface area (Å²) in [4.78, 5) is 14.9. The smallest absolute Gasteiger partial charge is 0.240 e. The molecule has 0 fully saturated rings. The van der Waals surface area contributed by atoms with Crippen LogP contribution in [0.4, 0.5) is 5.69 Å². The van der Waals surface area contributed by atoms with Crippen molar-refractivity contribution in [2.75, 3.05) is 18.6 Å². The molecule has 0 radical (unpaired) electrons. The third kappa shape index (κ3) is 5.06. The number of anilines is 1. The SMILES string of the molecule is CCn1c(SC(C)C(=O)N(CCC#N)c2ccccc2)nnc1-c1ccccc1OC. The Morgan fingerprint density at radius 3 is 2.58 bits per heavy atom. The maximum atomic E-state index is 13.2. The van der Waals surface area contributed by atoms with E-state index in [0.29, 0.717) is 24.1 Å². The van der Waals surface area contributed by atoms with Gasteiger partial charge >= 0.3 is 0 Å². The number of amides is 1. The fourth-order valence-corrected chi connectivity index (χ4v) is 4.23. The van der Waals surface area contributed by atoms with Crippen molar-refractivity contribution in [3.8, 4) is 23.2 Å². The Morgan fingerprint density at radius 1 is 1.19 bits per heavy atom. The summed E-state index contributed by atoms with van der Waals surface area (Å²) in [7, 11) is 1.63. The van der Waals surface area contributed by atoms with Gasteiger partial charge in [0.25, 0.3) is 0 Å². The molecular weight excluding hydrogens is 410 g/mol. The molecule has 0 aliphatic heterocycles. The molecule has 160 valence electrons. The van der Waals surface area contributed by atoms with E-state index in [-0.39, 0.29) is 12.3 Å². The van der Waals surface area contributed by atoms with Gasteiger partial charge in [0.05, 0.1) is 30.4 Å². The molecule has 3 rings (SSSR count). The number of hydrogen-bond donors (Lipinski definition) is 0. The number of carbonyl (C=O) groups excluding carboxylic acids is 1. The summed E-state index contributed by atoms with van der Waals surface area (Å²) in [6.07, 6.45) is 0.265. The predicted octanol–water partition coefficient (Wildman–Crippen LogP) is 4.40. The number of methoxy groups -OCH3 is 1. The highest BCUT2D eigenvalue weighted by atomic mass is 32.2. The van der Waals surface area contributed by atoms with E-state index >= 15 is 0 Å². The van der Waals surface area contributed by atoms with Gasteiger partial charge in [-0.2, -0.15) is 5.26 Å². The first-order chi connectivity index (χ1) is 15.1. The Morgan fingerprint density at radius 2 is 1.90 bits per heavy atom. The molecule has 1 aromatic heterocycles. The molecule has 31 heavy (non-hydrogen) atoms. The number of rotatable bonds is 9. The fraction of sp³-hybridized carbons (Fsp3) is 0.304. The van der Waals surface area contributed by atoms with E-state index in [9.17, 15) is 4.79 Å². The number of carbonyl (C=O) groups is 1. The Balaban J connectivity index is 1.85. The van der Waals surface area contributed by atoms with Crippen molar-refractivity contribution >= 4 is 23.4 Å². The lowest BCUT2D eigenvalue weighted by atomic mass is 10.2. The van der Waals surface area contributed by atoms with Gasteiger partial charge in [-0.25, -0.2) is 0 Å². The summed E-state index contributed by atoms with van der Waals surface area (Å²) in [5.74, 6) is 1.35. The van der Waals surface area contributed by atoms with E-state index in [1.165, 1.54) is 11.8 Å². The molecule has 1 atom stereocenters. The minimum absolute atomic E-state index is 0.0732. The monoisotopic (exact) mass is 435 g/mol. The molecule has 2 aromatic carbocycles. The molecule has 1 heterocycles. The average molecular weight is 436 g/mol. The lowest BCUT2D eigenvalue weighted by Crippen LogP contribution is -2.37. The summed E-state index contributed by atoms with van der Waals surface area (Å²) in [6.45, 7) is 4.87. The molecule has 0 aliphatic carbocycles. The number of aromatic nitrogens is 3. The standard InChI is InChI=1S/C23H25N5O2S/c1-4-27-21(19-13-8-9-14-20(19)30-3)25-26-23(27)31-17(2)22(29)28(16-10-15-24)18-11-6-5-7-12-18/h5-9,11-14,17H,4,10,16H2,1-3H3. The molecular formula is C23H25N5O2S. The van der Waals surface area contributed by atoms with Crippen molar-refractivity contribution in [3.05, 3.63) is 54.6 Å². The molecule has 8 heteroatoms. The van der Waals surface area contributed by atoms with Crippen LogP contribution in [0.25, 0.3) is 11.4 Å². The summed E-state index contributed by atoms with van der Waals surface area (Å²) < 4.78 is 7.45. The first-order valence-corrected chi connectivity index (χ1v) is 10.9. The molecule has 3 aromatic rings. The summed E-state index contributed by atoms with van der Waals surface area (Å²) in [5.41, 5.74) is 1.63. The van der Waals surface area contributed by atoms with Gasteiger partial charge in [0, 0.05) is 18.8 Å². The van der Waals surface area contributed by atoms with E-state index in [1.54, 1.807) is 12.0 Å². The third-order valence-corrected chi connectivity index (χ3v) is 5.86. The summed E-state index contributed by atoms with van der Waals surface area (Å²) >= 11 is 1.36. The molecule has 1 unspecified atom stereocenters. The molecule has 0 N–H and O–H groups in total. The zero-order chi connectivity index (χ0) is 22.2. The second-order valence-electron chi connectivity index (χ2n) is 6.74. The van der Waals surface area contributed by atoms with E-state index in [0.717, 1.165) is 17.0 Å². The minimum Gasteiger partial charge on any atom is -0.496 e. The minimum atomic E-state index is -0.404. The van der Waals surface area contributed by atoms with Gasteiger partial charge in [0.1, 0.15) is 5.75 Å². The predicted molar refractivity (Wildman–Crippen MR) is 122 cm³/mol. The van der Waals surface area contributed by atoms with Crippen LogP contribution < -0.4 is 9.64 Å². The van der Waals surface area contributed by atoms with Gasteiger partial charge in [-0.3, -0.25) is 4.79 Å². The molecule has 0 saturated heterocycles. The number of thioether (sulfide) groups is 1. The third-order valence-electron chi connectivity index (χ3n) is 4.79. The summed E-state index contributed by atoms with van der Waals surface area (Å²) in [6, 6.07) is 19.2. The Hall–Kier alpha value is -3.31. The van der Waals surface area contributed by atoms with E-state index < -0.39 is 5.25 Å². The van der Waals surface area contributed by atoms with Crippen LogP contribution in [0.2, 0.25) is 0 Å². The van der Waals surface area contributed by atoms with Gasteiger partial charge < -0.3 is 14.2 Å². The first kappa shape index (κ1) is 22.4. The van der Waals surface area contributed by atoms with Crippen LogP contribution in [0, 0.1) is 11.3 Å². The number of nitriles is 1. The van der Waals surface area contributed by atoms with Gasteiger partial charge in [-0.15, -0.1) is 10.2 Å². The number of nitrogens with zero attached hydrogens (tertiary/aromatic N) is 5. The van der Waals surface area contributed by atoms with E-state index in [4.69, 9.17) is 10.00 Å². The van der Waals surface area contributed by atoms with E-state index in [2.05, 4.69) is 16.3 Å². The zero-order valence-electron chi connectivity index (χ0n) is 17.9. The quantitative estimate of drug-likeness (QED) is 0.463. The van der Waals surface area contributed by atoms with Crippen LogP contribution in [-0.4, -0.2) is 39.6 Å². The van der Waals surface area contributed by atoms with Crippen LogP contribution in [0.1, 0.15) is 20.3 Å². The second kappa shape index (κ2) is 10.6. The topological polar surface area (TPSA) is 84.0 Å². The number of para-hydroxylation sites is 2. The van der Waals surface area contributed by atoms with Crippen molar-refractivity contribution in [1.82, 2.24) is 14.8 Å². The fourth-order valence-electron chi connectivity index (χ4n) is 3.25. The Bertz CT molecular complexity index is 1060. The van der Waals surface area contributed by atoms with Crippen LogP contribution in [0.3, 0.4) is 0 Å². The average Bonchev–Trinajstić information content (AvgIpc) is 3.21. The summed E-state index contributed by atoms with van der Waals surface area (Å²) in [5, 5.41) is 18.0. The van der Waals surface area contributed by atoms with Crippen molar-refractivity contribution in [2.24, 2.45) is 0 Å². The normalized spacial score (nSPS) is 11.5. The zero-order valence-corrected chi connectivity index (χ0v) is 18.7. The number of ether oxygens (including phenoxy) is 1. The van der Waals surface area contributed by atoms with Crippen molar-refractivity contribution in [3.63, 3.8) is 0 Å². The molecule has 0 spiro atoms. The van der Waals surface area contributed by atoms with Gasteiger partial charge in [-0.05, 0) is 38.1 Å². The van der Waals surface area contributed by atoms with E-state index in [1.807, 2.05) is 73.0 Å². The molecule has 0 aliphatic rings. The Labute approximate surface area is 186 Å². The lowest BCUT2D eigenvalue weighted by molar-refractivity contribution is -0.117. The lowest BCUT2D eigenvalue weighted by Gasteiger charge is -2.24. The number of hydrogen-bond acceptors (Lipinski definition) is 6. The van der Waals surface area contributed by atoms with Gasteiger partial charge in [0.2, 0.25) is 5.91 Å². The van der Waals surface area contributed by atoms with Crippen LogP contribution in [0.15, 0.2) is 59.8 Å². The first-order valence-electron chi connectivity index (χ1n) is 10.1. The van der Waals surface area contributed by atoms with Gasteiger partial charge in [-0.1, -0.05) is 42.1 Å². The molecule has 1 amide bonds. The van der Waals surface area contributed by atoms with Crippen LogP contribution >= 0.6 is 11.8 Å². The highest BCUT2D eigenvalue weighted by Crippen LogP contribution is 2.32. The van der Waals surface area contributed by atoms with Crippen molar-refractivity contribution < 1.29 is 9.53 Å². The molecule has 0 saturated carbocycles. The van der Waals surface area contributed by atoms with Gasteiger partial charge in [0.15, 0.2) is 11.0 Å². The highest BCUT2D eigenvalue weighted by molar-refractivity contribution is 8.00.